The highest BCUT2D eigenvalue weighted by Gasteiger charge is 2.05. The lowest BCUT2D eigenvalue weighted by molar-refractivity contribution is 0.0684. The minimum Gasteiger partial charge on any atom is -0.475 e. The Kier molecular flexibility index (Phi) is 4.14. The molecular weight excluding hydrogens is 235 g/mol. The van der Waals surface area contributed by atoms with Gasteiger partial charge in [-0.1, -0.05) is 15.9 Å². The van der Waals surface area contributed by atoms with E-state index in [1.165, 1.54) is 6.20 Å². The molecule has 0 aromatic carbocycles. The van der Waals surface area contributed by atoms with Gasteiger partial charge in [-0.05, 0) is 0 Å². The van der Waals surface area contributed by atoms with Gasteiger partial charge in [0.15, 0.2) is 0 Å². The Morgan fingerprint density at radius 2 is 2.45 bits per heavy atom. The molecule has 1 heterocycles. The molecule has 0 atom stereocenters. The van der Waals surface area contributed by atoms with Crippen LogP contribution in [0.2, 0.25) is 0 Å². The number of halogens is 2. The Labute approximate surface area is 77.6 Å². The molecule has 0 aliphatic rings. The Hall–Kier alpha value is -0.550. The number of aromatic carboxylic acids is 1. The summed E-state index contributed by atoms with van der Waals surface area (Å²) >= 11 is 3.16. The predicted molar refractivity (Wildman–Crippen MR) is 45.4 cm³/mol. The van der Waals surface area contributed by atoms with E-state index in [0.717, 1.165) is 5.69 Å². The molecule has 0 saturated carbocycles. The minimum absolute atomic E-state index is 0. The molecule has 1 aromatic heterocycles. The average molecular weight is 241 g/mol. The van der Waals surface area contributed by atoms with E-state index in [9.17, 15) is 4.79 Å². The molecule has 11 heavy (non-hydrogen) atoms. The largest absolute Gasteiger partial charge is 0.475 e. The summed E-state index contributed by atoms with van der Waals surface area (Å²) in [4.78, 5) is 16.4. The summed E-state index contributed by atoms with van der Waals surface area (Å²) in [7, 11) is 0. The first-order chi connectivity index (χ1) is 4.74. The quantitative estimate of drug-likeness (QED) is 0.770. The second-order valence-electron chi connectivity index (χ2n) is 1.70. The van der Waals surface area contributed by atoms with Crippen LogP contribution in [0.3, 0.4) is 0 Å². The zero-order valence-electron chi connectivity index (χ0n) is 5.37. The zero-order chi connectivity index (χ0) is 7.56. The van der Waals surface area contributed by atoms with Crippen molar-refractivity contribution in [3.63, 3.8) is 0 Å². The average Bonchev–Trinajstić information content (AvgIpc) is 2.34. The number of nitrogens with zero attached hydrogens (tertiary/aromatic N) is 1. The van der Waals surface area contributed by atoms with Crippen LogP contribution in [0.4, 0.5) is 0 Å². The van der Waals surface area contributed by atoms with Crippen LogP contribution < -0.4 is 0 Å². The fourth-order valence-corrected chi connectivity index (χ4v) is 0.821. The maximum absolute atomic E-state index is 10.2. The Balaban J connectivity index is 0.000001000. The van der Waals surface area contributed by atoms with E-state index < -0.39 is 5.97 Å². The van der Waals surface area contributed by atoms with Crippen molar-refractivity contribution in [2.24, 2.45) is 0 Å². The monoisotopic (exact) mass is 240 g/mol. The second kappa shape index (κ2) is 4.35. The van der Waals surface area contributed by atoms with Gasteiger partial charge in [-0.25, -0.2) is 9.78 Å². The molecule has 0 unspecified atom stereocenters. The Morgan fingerprint density at radius 1 is 1.82 bits per heavy atom. The highest BCUT2D eigenvalue weighted by atomic mass is 79.9. The van der Waals surface area contributed by atoms with E-state index >= 15 is 0 Å². The summed E-state index contributed by atoms with van der Waals surface area (Å²) in [5, 5.41) is 8.98. The number of hydrogen-bond acceptors (Lipinski definition) is 2. The maximum Gasteiger partial charge on any atom is 0.371 e. The van der Waals surface area contributed by atoms with Crippen molar-refractivity contribution in [1.29, 1.82) is 0 Å². The number of hydrogen-bond donors (Lipinski definition) is 2. The standard InChI is InChI=1S/C5H5BrN2O2.ClH/c6-1-3-2-7-4(8-3)5(9)10;/h2H,1H2,(H,7,8)(H,9,10);1H. The molecule has 0 aliphatic heterocycles. The number of H-pyrrole nitrogens is 1. The predicted octanol–water partition coefficient (Wildman–Crippen LogP) is 1.42. The van der Waals surface area contributed by atoms with E-state index in [4.69, 9.17) is 5.11 Å². The molecule has 0 radical (unpaired) electrons. The molecule has 62 valence electrons. The number of nitrogens with one attached hydrogen (secondary N) is 1. The van der Waals surface area contributed by atoms with Gasteiger partial charge in [0.2, 0.25) is 5.82 Å². The van der Waals surface area contributed by atoms with Crippen LogP contribution in [-0.2, 0) is 5.33 Å². The van der Waals surface area contributed by atoms with Crippen molar-refractivity contribution in [1.82, 2.24) is 9.97 Å². The number of imidazole rings is 1. The van der Waals surface area contributed by atoms with Crippen molar-refractivity contribution in [3.05, 3.63) is 17.7 Å². The third-order valence-corrected chi connectivity index (χ3v) is 1.58. The van der Waals surface area contributed by atoms with Crippen LogP contribution in [-0.4, -0.2) is 21.0 Å². The molecule has 1 rings (SSSR count). The lowest BCUT2D eigenvalue weighted by Gasteiger charge is -1.83. The number of aromatic nitrogens is 2. The summed E-state index contributed by atoms with van der Waals surface area (Å²) < 4.78 is 0. The van der Waals surface area contributed by atoms with E-state index in [2.05, 4.69) is 25.9 Å². The first kappa shape index (κ1) is 10.4. The Morgan fingerprint density at radius 3 is 2.73 bits per heavy atom. The van der Waals surface area contributed by atoms with E-state index in [-0.39, 0.29) is 18.2 Å². The van der Waals surface area contributed by atoms with Crippen molar-refractivity contribution >= 4 is 34.3 Å². The number of aromatic amines is 1. The van der Waals surface area contributed by atoms with Gasteiger partial charge < -0.3 is 10.1 Å². The highest BCUT2D eigenvalue weighted by molar-refractivity contribution is 9.08. The topological polar surface area (TPSA) is 66.0 Å². The summed E-state index contributed by atoms with van der Waals surface area (Å²) in [5.74, 6) is -1.05. The number of rotatable bonds is 2. The third-order valence-electron chi connectivity index (χ3n) is 0.975. The molecule has 6 heteroatoms. The fraction of sp³-hybridized carbons (Fsp3) is 0.200. The van der Waals surface area contributed by atoms with Crippen molar-refractivity contribution in [3.8, 4) is 0 Å². The number of carboxylic acid groups (broad SMARTS) is 1. The fourth-order valence-electron chi connectivity index (χ4n) is 0.536. The van der Waals surface area contributed by atoms with Gasteiger partial charge >= 0.3 is 5.97 Å². The van der Waals surface area contributed by atoms with E-state index in [0.29, 0.717) is 5.33 Å². The van der Waals surface area contributed by atoms with E-state index in [1.807, 2.05) is 0 Å². The molecule has 0 fully saturated rings. The zero-order valence-corrected chi connectivity index (χ0v) is 7.78. The number of carbonyl (C=O) groups is 1. The second-order valence-corrected chi connectivity index (χ2v) is 2.26. The van der Waals surface area contributed by atoms with Gasteiger partial charge in [-0.15, -0.1) is 12.4 Å². The molecule has 2 N–H and O–H groups in total. The van der Waals surface area contributed by atoms with E-state index in [1.54, 1.807) is 0 Å². The highest BCUT2D eigenvalue weighted by Crippen LogP contribution is 2.01. The maximum atomic E-state index is 10.2. The number of carboxylic acids is 1. The lowest BCUT2D eigenvalue weighted by atomic mass is 10.6. The minimum atomic E-state index is -1.03. The normalized spacial score (nSPS) is 8.82. The lowest BCUT2D eigenvalue weighted by Crippen LogP contribution is -1.98. The molecular formula is C5H6BrClN2O2. The molecule has 0 bridgehead atoms. The van der Waals surface area contributed by atoms with Gasteiger partial charge in [-0.2, -0.15) is 0 Å². The summed E-state index contributed by atoms with van der Waals surface area (Å²) in [6, 6.07) is 0. The summed E-state index contributed by atoms with van der Waals surface area (Å²) in [6.45, 7) is 0. The number of alkyl halides is 1. The first-order valence-corrected chi connectivity index (χ1v) is 3.69. The van der Waals surface area contributed by atoms with Crippen molar-refractivity contribution in [2.45, 2.75) is 5.33 Å². The van der Waals surface area contributed by atoms with Gasteiger partial charge in [-0.3, -0.25) is 0 Å². The van der Waals surface area contributed by atoms with Crippen LogP contribution in [0.5, 0.6) is 0 Å². The van der Waals surface area contributed by atoms with Gasteiger partial charge in [0, 0.05) is 17.2 Å². The van der Waals surface area contributed by atoms with Gasteiger partial charge in [0.05, 0.1) is 0 Å². The molecule has 0 saturated heterocycles. The van der Waals surface area contributed by atoms with Crippen molar-refractivity contribution in [2.75, 3.05) is 0 Å². The summed E-state index contributed by atoms with van der Waals surface area (Å²) in [6.07, 6.45) is 1.48. The van der Waals surface area contributed by atoms with Gasteiger partial charge in [0.25, 0.3) is 0 Å². The molecule has 0 spiro atoms. The molecule has 4 nitrogen and oxygen atoms in total. The SMILES string of the molecule is Cl.O=C(O)c1ncc(CBr)[nH]1. The summed E-state index contributed by atoms with van der Waals surface area (Å²) in [5.41, 5.74) is 0.761. The molecule has 0 aliphatic carbocycles. The smallest absolute Gasteiger partial charge is 0.371 e. The first-order valence-electron chi connectivity index (χ1n) is 2.57. The molecule has 1 aromatic rings. The molecule has 0 amide bonds. The van der Waals surface area contributed by atoms with Crippen LogP contribution in [0.15, 0.2) is 6.20 Å². The third kappa shape index (κ3) is 2.51. The van der Waals surface area contributed by atoms with Crippen LogP contribution in [0.1, 0.15) is 16.3 Å². The van der Waals surface area contributed by atoms with Crippen LogP contribution in [0.25, 0.3) is 0 Å². The van der Waals surface area contributed by atoms with Crippen molar-refractivity contribution < 1.29 is 9.90 Å². The van der Waals surface area contributed by atoms with Gasteiger partial charge in [0.1, 0.15) is 0 Å². The van der Waals surface area contributed by atoms with Crippen LogP contribution in [0, 0.1) is 0 Å². The van der Waals surface area contributed by atoms with Crippen LogP contribution >= 0.6 is 28.3 Å². The Bertz CT molecular complexity index is 250.